The first-order valence-electron chi connectivity index (χ1n) is 9.53. The molecule has 3 aromatic rings. The summed E-state index contributed by atoms with van der Waals surface area (Å²) in [6.07, 6.45) is 1.77. The molecule has 0 radical (unpaired) electrons. The quantitative estimate of drug-likeness (QED) is 0.425. The van der Waals surface area contributed by atoms with Crippen molar-refractivity contribution in [2.45, 2.75) is 13.1 Å². The van der Waals surface area contributed by atoms with Crippen LogP contribution in [0.1, 0.15) is 27.0 Å². The molecular weight excluding hydrogens is 466 g/mol. The van der Waals surface area contributed by atoms with Gasteiger partial charge in [0.25, 0.3) is 0 Å². The molecule has 0 N–H and O–H groups in total. The molecule has 0 aliphatic carbocycles. The Bertz CT molecular complexity index is 1170. The van der Waals surface area contributed by atoms with Gasteiger partial charge in [0.15, 0.2) is 5.76 Å². The van der Waals surface area contributed by atoms with E-state index in [1.165, 1.54) is 0 Å². The van der Waals surface area contributed by atoms with Crippen LogP contribution in [0.15, 0.2) is 70.9 Å². The van der Waals surface area contributed by atoms with Crippen molar-refractivity contribution >= 4 is 39.4 Å². The lowest BCUT2D eigenvalue weighted by Gasteiger charge is -2.30. The van der Waals surface area contributed by atoms with E-state index in [-0.39, 0.29) is 5.78 Å². The minimum absolute atomic E-state index is 0.112. The molecule has 0 aromatic heterocycles. The number of hydrogen-bond acceptors (Lipinski definition) is 4. The number of benzene rings is 3. The number of fused-ring (bicyclic) bond motifs is 3. The Morgan fingerprint density at radius 1 is 1.07 bits per heavy atom. The molecule has 0 atom stereocenters. The van der Waals surface area contributed by atoms with Gasteiger partial charge in [-0.3, -0.25) is 9.69 Å². The van der Waals surface area contributed by atoms with Crippen LogP contribution in [0.4, 0.5) is 0 Å². The molecule has 4 nitrogen and oxygen atoms in total. The third-order valence-corrected chi connectivity index (χ3v) is 6.10. The van der Waals surface area contributed by atoms with E-state index >= 15 is 0 Å². The predicted molar refractivity (Wildman–Crippen MR) is 120 cm³/mol. The summed E-state index contributed by atoms with van der Waals surface area (Å²) in [6.45, 7) is 1.72. The second-order valence-electron chi connectivity index (χ2n) is 7.26. The maximum atomic E-state index is 12.9. The minimum Gasteiger partial charge on any atom is -0.478 e. The summed E-state index contributed by atoms with van der Waals surface area (Å²) in [5.74, 6) is 1.55. The summed E-state index contributed by atoms with van der Waals surface area (Å²) in [5.41, 5.74) is 3.39. The molecular formula is C24H17BrClNO3. The van der Waals surface area contributed by atoms with Crippen molar-refractivity contribution in [3.63, 3.8) is 0 Å². The van der Waals surface area contributed by atoms with E-state index in [0.717, 1.165) is 31.9 Å². The van der Waals surface area contributed by atoms with E-state index in [1.807, 2.05) is 54.6 Å². The number of carbonyl (C=O) groups is 1. The number of carbonyl (C=O) groups excluding carboxylic acids is 1. The Hall–Kier alpha value is -2.60. The average molecular weight is 483 g/mol. The Morgan fingerprint density at radius 2 is 1.87 bits per heavy atom. The van der Waals surface area contributed by atoms with E-state index in [0.29, 0.717) is 36.9 Å². The van der Waals surface area contributed by atoms with Crippen molar-refractivity contribution in [1.29, 1.82) is 0 Å². The van der Waals surface area contributed by atoms with Crippen molar-refractivity contribution in [3.8, 4) is 11.5 Å². The molecule has 30 heavy (non-hydrogen) atoms. The fourth-order valence-corrected chi connectivity index (χ4v) is 4.14. The lowest BCUT2D eigenvalue weighted by molar-refractivity contribution is 0.0873. The summed E-state index contributed by atoms with van der Waals surface area (Å²) in [5, 5.41) is 0.729. The SMILES string of the molecule is O=C1/C(=C/c2ccc(Br)cc2)Oc2c1ccc1c2CN(Cc2ccccc2Cl)CO1. The molecule has 6 heteroatoms. The molecule has 0 unspecified atom stereocenters. The van der Waals surface area contributed by atoms with Crippen molar-refractivity contribution in [2.24, 2.45) is 0 Å². The predicted octanol–water partition coefficient (Wildman–Crippen LogP) is 6.07. The average Bonchev–Trinajstić information content (AvgIpc) is 3.07. The van der Waals surface area contributed by atoms with Gasteiger partial charge >= 0.3 is 0 Å². The smallest absolute Gasteiger partial charge is 0.231 e. The summed E-state index contributed by atoms with van der Waals surface area (Å²) in [7, 11) is 0. The summed E-state index contributed by atoms with van der Waals surface area (Å²) in [6, 6.07) is 19.1. The Labute approximate surface area is 187 Å². The van der Waals surface area contributed by atoms with Crippen LogP contribution in [-0.4, -0.2) is 17.4 Å². The van der Waals surface area contributed by atoms with Gasteiger partial charge in [-0.15, -0.1) is 0 Å². The highest BCUT2D eigenvalue weighted by Gasteiger charge is 2.33. The van der Waals surface area contributed by atoms with Crippen molar-refractivity contribution in [2.75, 3.05) is 6.73 Å². The largest absolute Gasteiger partial charge is 0.478 e. The van der Waals surface area contributed by atoms with Crippen LogP contribution in [0, 0.1) is 0 Å². The van der Waals surface area contributed by atoms with Gasteiger partial charge in [-0.25, -0.2) is 0 Å². The first kappa shape index (κ1) is 19.4. The monoisotopic (exact) mass is 481 g/mol. The molecule has 0 saturated heterocycles. The van der Waals surface area contributed by atoms with E-state index in [4.69, 9.17) is 21.1 Å². The van der Waals surface area contributed by atoms with Crippen molar-refractivity contribution < 1.29 is 14.3 Å². The Balaban J connectivity index is 1.43. The molecule has 0 spiro atoms. The van der Waals surface area contributed by atoms with Crippen LogP contribution >= 0.6 is 27.5 Å². The summed E-state index contributed by atoms with van der Waals surface area (Å²) >= 11 is 9.74. The topological polar surface area (TPSA) is 38.8 Å². The molecule has 5 rings (SSSR count). The number of ether oxygens (including phenoxy) is 2. The minimum atomic E-state index is -0.112. The normalized spacial score (nSPS) is 16.7. The van der Waals surface area contributed by atoms with Gasteiger partial charge in [-0.05, 0) is 47.5 Å². The Morgan fingerprint density at radius 3 is 2.67 bits per heavy atom. The van der Waals surface area contributed by atoms with Crippen LogP contribution in [-0.2, 0) is 13.1 Å². The van der Waals surface area contributed by atoms with Crippen LogP contribution < -0.4 is 9.47 Å². The van der Waals surface area contributed by atoms with Crippen molar-refractivity contribution in [3.05, 3.63) is 98.2 Å². The highest BCUT2D eigenvalue weighted by Crippen LogP contribution is 2.42. The standard InChI is InChI=1S/C24H17BrClNO3/c25-17-7-5-15(6-8-17)11-22-23(28)18-9-10-21-19(24(18)30-22)13-27(14-29-21)12-16-3-1-2-4-20(16)26/h1-11H,12-14H2/b22-11-. The van der Waals surface area contributed by atoms with Gasteiger partial charge < -0.3 is 9.47 Å². The fraction of sp³-hybridized carbons (Fsp3) is 0.125. The van der Waals surface area contributed by atoms with Gasteiger partial charge in [-0.2, -0.15) is 0 Å². The number of hydrogen-bond donors (Lipinski definition) is 0. The third-order valence-electron chi connectivity index (χ3n) is 5.20. The van der Waals surface area contributed by atoms with Gasteiger partial charge in [0, 0.05) is 22.6 Å². The first-order chi connectivity index (χ1) is 14.6. The van der Waals surface area contributed by atoms with Gasteiger partial charge in [-0.1, -0.05) is 57.9 Å². The molecule has 2 aliphatic rings. The maximum absolute atomic E-state index is 12.9. The van der Waals surface area contributed by atoms with Crippen molar-refractivity contribution in [1.82, 2.24) is 4.90 Å². The maximum Gasteiger partial charge on any atom is 0.231 e. The van der Waals surface area contributed by atoms with E-state index in [9.17, 15) is 4.79 Å². The fourth-order valence-electron chi connectivity index (χ4n) is 3.68. The third kappa shape index (κ3) is 3.65. The zero-order chi connectivity index (χ0) is 20.7. The lowest BCUT2D eigenvalue weighted by Crippen LogP contribution is -2.31. The highest BCUT2D eigenvalue weighted by atomic mass is 79.9. The molecule has 0 amide bonds. The lowest BCUT2D eigenvalue weighted by atomic mass is 10.0. The number of allylic oxidation sites excluding steroid dienone is 1. The zero-order valence-corrected chi connectivity index (χ0v) is 18.2. The van der Waals surface area contributed by atoms with E-state index in [2.05, 4.69) is 20.8 Å². The van der Waals surface area contributed by atoms with Crippen LogP contribution in [0.5, 0.6) is 11.5 Å². The summed E-state index contributed by atoms with van der Waals surface area (Å²) in [4.78, 5) is 15.0. The second kappa shape index (κ2) is 7.91. The zero-order valence-electron chi connectivity index (χ0n) is 15.9. The molecule has 0 bridgehead atoms. The van der Waals surface area contributed by atoms with Gasteiger partial charge in [0.2, 0.25) is 5.78 Å². The molecule has 0 fully saturated rings. The number of ketones is 1. The van der Waals surface area contributed by atoms with Crippen LogP contribution in [0.3, 0.4) is 0 Å². The van der Waals surface area contributed by atoms with Crippen LogP contribution in [0.2, 0.25) is 5.02 Å². The van der Waals surface area contributed by atoms with Crippen LogP contribution in [0.25, 0.3) is 6.08 Å². The van der Waals surface area contributed by atoms with E-state index < -0.39 is 0 Å². The number of nitrogens with zero attached hydrogens (tertiary/aromatic N) is 1. The van der Waals surface area contributed by atoms with E-state index in [1.54, 1.807) is 12.1 Å². The second-order valence-corrected chi connectivity index (χ2v) is 8.59. The number of Topliss-reactive ketones (excluding diaryl/α,β-unsaturated/α-hetero) is 1. The molecule has 2 heterocycles. The molecule has 3 aromatic carbocycles. The molecule has 2 aliphatic heterocycles. The molecule has 150 valence electrons. The van der Waals surface area contributed by atoms with Gasteiger partial charge in [0.1, 0.15) is 18.2 Å². The first-order valence-corrected chi connectivity index (χ1v) is 10.7. The summed E-state index contributed by atoms with van der Waals surface area (Å²) < 4.78 is 13.0. The molecule has 0 saturated carbocycles. The van der Waals surface area contributed by atoms with Gasteiger partial charge in [0.05, 0.1) is 11.1 Å². The number of halogens is 2. The Kier molecular flexibility index (Phi) is 5.11. The highest BCUT2D eigenvalue weighted by molar-refractivity contribution is 9.10. The number of rotatable bonds is 3.